The van der Waals surface area contributed by atoms with Gasteiger partial charge in [0.25, 0.3) is 5.91 Å². The van der Waals surface area contributed by atoms with E-state index in [1.807, 2.05) is 0 Å². The molecule has 8 nitrogen and oxygen atoms in total. The van der Waals surface area contributed by atoms with Gasteiger partial charge in [-0.25, -0.2) is 9.48 Å². The number of carbonyl (C=O) groups excluding carboxylic acids is 1. The van der Waals surface area contributed by atoms with Crippen LogP contribution in [-0.2, 0) is 7.05 Å². The van der Waals surface area contributed by atoms with Crippen molar-refractivity contribution < 1.29 is 27.9 Å². The summed E-state index contributed by atoms with van der Waals surface area (Å²) >= 11 is 0. The van der Waals surface area contributed by atoms with Crippen LogP contribution < -0.4 is 4.90 Å². The number of halogens is 3. The molecule has 0 aliphatic carbocycles. The van der Waals surface area contributed by atoms with Crippen molar-refractivity contribution in [3.05, 3.63) is 29.7 Å². The molecule has 0 spiro atoms. The van der Waals surface area contributed by atoms with Gasteiger partial charge in [-0.15, -0.1) is 0 Å². The van der Waals surface area contributed by atoms with Gasteiger partial charge in [-0.05, 0) is 6.42 Å². The molecule has 1 amide bonds. The van der Waals surface area contributed by atoms with Crippen LogP contribution in [0.25, 0.3) is 0 Å². The van der Waals surface area contributed by atoms with Gasteiger partial charge in [0.15, 0.2) is 11.7 Å². The number of aromatic carboxylic acids is 1. The second-order valence-electron chi connectivity index (χ2n) is 5.31. The molecule has 1 aliphatic heterocycles. The van der Waals surface area contributed by atoms with Gasteiger partial charge in [-0.3, -0.25) is 14.4 Å². The Bertz CT molecular complexity index is 810. The molecular formula is C13H12F3N5O3. The van der Waals surface area contributed by atoms with E-state index in [0.717, 1.165) is 14.3 Å². The first kappa shape index (κ1) is 16.0. The van der Waals surface area contributed by atoms with Gasteiger partial charge in [0.2, 0.25) is 0 Å². The first-order valence-electron chi connectivity index (χ1n) is 6.89. The highest BCUT2D eigenvalue weighted by Gasteiger charge is 2.46. The predicted molar refractivity (Wildman–Crippen MR) is 73.8 cm³/mol. The van der Waals surface area contributed by atoms with Crippen molar-refractivity contribution in [2.75, 3.05) is 11.4 Å². The third kappa shape index (κ3) is 2.51. The van der Waals surface area contributed by atoms with Crippen molar-refractivity contribution in [1.29, 1.82) is 0 Å². The Labute approximate surface area is 133 Å². The standard InChI is InChI=1S/C13H12F3N5O3/c1-19-6-7(10(18-19)12(23)24)11(22)20-5-3-8(13(14,15)16)21-9(20)2-4-17-21/h2,4,6,8H,3,5H2,1H3,(H,23,24). The number of rotatable bonds is 2. The van der Waals surface area contributed by atoms with Crippen molar-refractivity contribution in [1.82, 2.24) is 19.6 Å². The predicted octanol–water partition coefficient (Wildman–Crippen LogP) is 1.47. The minimum absolute atomic E-state index is 0.0335. The van der Waals surface area contributed by atoms with Crippen LogP contribution in [0, 0.1) is 0 Å². The number of anilines is 1. The summed E-state index contributed by atoms with van der Waals surface area (Å²) < 4.78 is 41.1. The zero-order chi connectivity index (χ0) is 17.6. The summed E-state index contributed by atoms with van der Waals surface area (Å²) in [7, 11) is 1.45. The Balaban J connectivity index is 2.00. The van der Waals surface area contributed by atoms with Gasteiger partial charge in [0, 0.05) is 25.9 Å². The minimum atomic E-state index is -4.49. The Morgan fingerprint density at radius 2 is 2.08 bits per heavy atom. The van der Waals surface area contributed by atoms with E-state index in [2.05, 4.69) is 10.2 Å². The van der Waals surface area contributed by atoms with E-state index in [4.69, 9.17) is 5.11 Å². The summed E-state index contributed by atoms with van der Waals surface area (Å²) in [5, 5.41) is 16.5. The molecular weight excluding hydrogens is 331 g/mol. The molecule has 2 aromatic rings. The monoisotopic (exact) mass is 343 g/mol. The Morgan fingerprint density at radius 3 is 2.71 bits per heavy atom. The zero-order valence-corrected chi connectivity index (χ0v) is 12.4. The smallest absolute Gasteiger partial charge is 0.410 e. The fourth-order valence-electron chi connectivity index (χ4n) is 2.71. The third-order valence-electron chi connectivity index (χ3n) is 3.73. The van der Waals surface area contributed by atoms with E-state index >= 15 is 0 Å². The number of hydrogen-bond acceptors (Lipinski definition) is 4. The van der Waals surface area contributed by atoms with Crippen LogP contribution in [0.5, 0.6) is 0 Å². The second-order valence-corrected chi connectivity index (χ2v) is 5.31. The molecule has 1 aliphatic rings. The molecule has 3 rings (SSSR count). The van der Waals surface area contributed by atoms with Crippen LogP contribution in [0.4, 0.5) is 19.0 Å². The van der Waals surface area contributed by atoms with Crippen molar-refractivity contribution in [2.45, 2.75) is 18.6 Å². The number of alkyl halides is 3. The first-order chi connectivity index (χ1) is 11.2. The second kappa shape index (κ2) is 5.35. The van der Waals surface area contributed by atoms with Gasteiger partial charge in [-0.2, -0.15) is 23.4 Å². The van der Waals surface area contributed by atoms with Gasteiger partial charge in [0.1, 0.15) is 5.82 Å². The molecule has 1 N–H and O–H groups in total. The quantitative estimate of drug-likeness (QED) is 0.891. The SMILES string of the molecule is Cn1cc(C(=O)N2CCC(C(F)(F)F)n3nccc32)c(C(=O)O)n1. The average Bonchev–Trinajstić information content (AvgIpc) is 3.10. The summed E-state index contributed by atoms with van der Waals surface area (Å²) in [6.45, 7) is -0.206. The lowest BCUT2D eigenvalue weighted by atomic mass is 10.1. The Hall–Kier alpha value is -2.85. The lowest BCUT2D eigenvalue weighted by Gasteiger charge is -2.33. The molecule has 11 heteroatoms. The van der Waals surface area contributed by atoms with Crippen LogP contribution in [0.15, 0.2) is 18.5 Å². The topological polar surface area (TPSA) is 93.2 Å². The van der Waals surface area contributed by atoms with E-state index in [-0.39, 0.29) is 24.3 Å². The molecule has 3 heterocycles. The van der Waals surface area contributed by atoms with Crippen molar-refractivity contribution in [3.63, 3.8) is 0 Å². The highest BCUT2D eigenvalue weighted by Crippen LogP contribution is 2.39. The Kier molecular flexibility index (Phi) is 3.57. The number of hydrogen-bond donors (Lipinski definition) is 1. The van der Waals surface area contributed by atoms with Crippen molar-refractivity contribution >= 4 is 17.7 Å². The summed E-state index contributed by atoms with van der Waals surface area (Å²) in [5.41, 5.74) is -0.644. The maximum absolute atomic E-state index is 13.1. The molecule has 1 unspecified atom stereocenters. The van der Waals surface area contributed by atoms with E-state index in [0.29, 0.717) is 0 Å². The van der Waals surface area contributed by atoms with E-state index in [1.165, 1.54) is 25.5 Å². The molecule has 0 aromatic carbocycles. The number of aryl methyl sites for hydroxylation is 1. The zero-order valence-electron chi connectivity index (χ0n) is 12.4. The average molecular weight is 343 g/mol. The molecule has 0 radical (unpaired) electrons. The van der Waals surface area contributed by atoms with Crippen LogP contribution in [0.2, 0.25) is 0 Å². The van der Waals surface area contributed by atoms with Gasteiger partial charge >= 0.3 is 12.1 Å². The van der Waals surface area contributed by atoms with Gasteiger partial charge in [-0.1, -0.05) is 0 Å². The number of carboxylic acid groups (broad SMARTS) is 1. The largest absolute Gasteiger partial charge is 0.476 e. The lowest BCUT2D eigenvalue weighted by molar-refractivity contribution is -0.172. The van der Waals surface area contributed by atoms with E-state index in [1.54, 1.807) is 0 Å². The third-order valence-corrected chi connectivity index (χ3v) is 3.73. The number of carbonyl (C=O) groups is 2. The fraction of sp³-hybridized carbons (Fsp3) is 0.385. The number of aromatic nitrogens is 4. The number of amides is 1. The lowest BCUT2D eigenvalue weighted by Crippen LogP contribution is -2.43. The van der Waals surface area contributed by atoms with Crippen LogP contribution >= 0.6 is 0 Å². The first-order valence-corrected chi connectivity index (χ1v) is 6.89. The number of nitrogens with zero attached hydrogens (tertiary/aromatic N) is 5. The molecule has 1 atom stereocenters. The molecule has 128 valence electrons. The molecule has 0 saturated carbocycles. The summed E-state index contributed by atoms with van der Waals surface area (Å²) in [4.78, 5) is 24.9. The van der Waals surface area contributed by atoms with Crippen LogP contribution in [-0.4, -0.2) is 49.3 Å². The van der Waals surface area contributed by atoms with Crippen molar-refractivity contribution in [3.8, 4) is 0 Å². The minimum Gasteiger partial charge on any atom is -0.476 e. The number of fused-ring (bicyclic) bond motifs is 1. The highest BCUT2D eigenvalue weighted by atomic mass is 19.4. The summed E-state index contributed by atoms with van der Waals surface area (Å²) in [5.74, 6) is -2.16. The molecule has 2 aromatic heterocycles. The number of carboxylic acids is 1. The molecule has 24 heavy (non-hydrogen) atoms. The Morgan fingerprint density at radius 1 is 1.38 bits per heavy atom. The van der Waals surface area contributed by atoms with Crippen LogP contribution in [0.1, 0.15) is 33.3 Å². The van der Waals surface area contributed by atoms with E-state index in [9.17, 15) is 22.8 Å². The fourth-order valence-corrected chi connectivity index (χ4v) is 2.71. The van der Waals surface area contributed by atoms with Gasteiger partial charge < -0.3 is 5.11 Å². The highest BCUT2D eigenvalue weighted by molar-refractivity contribution is 6.10. The molecule has 0 fully saturated rings. The molecule has 0 saturated heterocycles. The summed E-state index contributed by atoms with van der Waals surface area (Å²) in [6, 6.07) is -0.536. The summed E-state index contributed by atoms with van der Waals surface area (Å²) in [6.07, 6.45) is -2.47. The van der Waals surface area contributed by atoms with Crippen molar-refractivity contribution in [2.24, 2.45) is 7.05 Å². The van der Waals surface area contributed by atoms with E-state index < -0.39 is 29.8 Å². The normalized spacial score (nSPS) is 17.7. The molecule has 0 bridgehead atoms. The maximum Gasteiger partial charge on any atom is 0.410 e. The van der Waals surface area contributed by atoms with Gasteiger partial charge in [0.05, 0.1) is 11.8 Å². The maximum atomic E-state index is 13.1. The van der Waals surface area contributed by atoms with Crippen LogP contribution in [0.3, 0.4) is 0 Å².